The third-order valence-corrected chi connectivity index (χ3v) is 6.65. The number of nitrogens with zero attached hydrogens (tertiary/aromatic N) is 5. The fourth-order valence-corrected chi connectivity index (χ4v) is 4.50. The molecule has 0 aliphatic heterocycles. The van der Waals surface area contributed by atoms with Gasteiger partial charge in [0.1, 0.15) is 12.4 Å². The van der Waals surface area contributed by atoms with E-state index >= 15 is 0 Å². The van der Waals surface area contributed by atoms with Crippen LogP contribution in [0.2, 0.25) is 0 Å². The number of nitrogens with one attached hydrogen (secondary N) is 1. The van der Waals surface area contributed by atoms with Crippen molar-refractivity contribution in [3.8, 4) is 28.1 Å². The van der Waals surface area contributed by atoms with E-state index in [9.17, 15) is 4.79 Å². The first-order chi connectivity index (χ1) is 18.6. The number of likely N-dealkylation sites (N-methyl/N-ethyl adjacent to an activating group) is 1. The van der Waals surface area contributed by atoms with Gasteiger partial charge in [-0.1, -0.05) is 19.9 Å². The van der Waals surface area contributed by atoms with E-state index in [1.807, 2.05) is 82.5 Å². The van der Waals surface area contributed by atoms with Crippen molar-refractivity contribution in [2.24, 2.45) is 13.0 Å². The van der Waals surface area contributed by atoms with Crippen molar-refractivity contribution in [1.29, 1.82) is 0 Å². The summed E-state index contributed by atoms with van der Waals surface area (Å²) in [5.74, 6) is 1.03. The molecule has 0 spiro atoms. The Morgan fingerprint density at radius 1 is 1.03 bits per heavy atom. The van der Waals surface area contributed by atoms with Crippen molar-refractivity contribution in [3.63, 3.8) is 0 Å². The number of amides is 1. The lowest BCUT2D eigenvalue weighted by Gasteiger charge is -2.19. The molecule has 1 atom stereocenters. The van der Waals surface area contributed by atoms with Gasteiger partial charge in [0.05, 0.1) is 17.9 Å². The third kappa shape index (κ3) is 7.15. The van der Waals surface area contributed by atoms with Crippen LogP contribution in [0.4, 0.5) is 0 Å². The number of aryl methyl sites for hydroxylation is 2. The maximum Gasteiger partial charge on any atom is 0.252 e. The average Bonchev–Trinajstić information content (AvgIpc) is 3.53. The van der Waals surface area contributed by atoms with Gasteiger partial charge < -0.3 is 15.0 Å². The molecular weight excluding hydrogens is 488 g/mol. The van der Waals surface area contributed by atoms with Crippen molar-refractivity contribution in [2.45, 2.75) is 40.3 Å². The molecule has 0 fully saturated rings. The fourth-order valence-electron chi connectivity index (χ4n) is 4.50. The van der Waals surface area contributed by atoms with E-state index in [0.717, 1.165) is 46.6 Å². The average molecular weight is 529 g/mol. The normalized spacial score (nSPS) is 12.2. The highest BCUT2D eigenvalue weighted by Crippen LogP contribution is 2.31. The second-order valence-electron chi connectivity index (χ2n) is 10.9. The number of carbonyl (C=O) groups excluding carboxylic acids is 1. The van der Waals surface area contributed by atoms with E-state index in [0.29, 0.717) is 23.8 Å². The summed E-state index contributed by atoms with van der Waals surface area (Å²) in [5, 5.41) is 12.1. The lowest BCUT2D eigenvalue weighted by Crippen LogP contribution is -2.27. The number of benzene rings is 2. The molecule has 1 N–H and O–H groups in total. The molecule has 8 heteroatoms. The van der Waals surface area contributed by atoms with Crippen LogP contribution in [0.25, 0.3) is 22.4 Å². The molecule has 4 rings (SSSR count). The maximum atomic E-state index is 13.4. The van der Waals surface area contributed by atoms with Crippen molar-refractivity contribution in [1.82, 2.24) is 29.8 Å². The Labute approximate surface area is 231 Å². The monoisotopic (exact) mass is 528 g/mol. The molecule has 0 saturated heterocycles. The molecule has 4 aromatic rings. The largest absolute Gasteiger partial charge is 0.492 e. The minimum absolute atomic E-state index is 0.128. The molecule has 0 unspecified atom stereocenters. The number of aromatic nitrogens is 4. The molecule has 0 aliphatic carbocycles. The minimum Gasteiger partial charge on any atom is -0.492 e. The van der Waals surface area contributed by atoms with E-state index < -0.39 is 0 Å². The van der Waals surface area contributed by atoms with Crippen molar-refractivity contribution in [3.05, 3.63) is 77.7 Å². The highest BCUT2D eigenvalue weighted by molar-refractivity contribution is 5.96. The van der Waals surface area contributed by atoms with Gasteiger partial charge in [-0.25, -0.2) is 0 Å². The van der Waals surface area contributed by atoms with Crippen LogP contribution >= 0.6 is 0 Å². The predicted molar refractivity (Wildman–Crippen MR) is 156 cm³/mol. The highest BCUT2D eigenvalue weighted by Gasteiger charge is 2.18. The van der Waals surface area contributed by atoms with Crippen LogP contribution in [0.5, 0.6) is 5.75 Å². The molecule has 39 heavy (non-hydrogen) atoms. The molecule has 0 bridgehead atoms. The number of ether oxygens (including phenoxy) is 1. The summed E-state index contributed by atoms with van der Waals surface area (Å²) in [4.78, 5) is 15.5. The lowest BCUT2D eigenvalue weighted by molar-refractivity contribution is 0.0938. The smallest absolute Gasteiger partial charge is 0.252 e. The molecule has 2 heterocycles. The van der Waals surface area contributed by atoms with Gasteiger partial charge in [0.15, 0.2) is 0 Å². The summed E-state index contributed by atoms with van der Waals surface area (Å²) in [5.41, 5.74) is 6.69. The second kappa shape index (κ2) is 12.3. The second-order valence-corrected chi connectivity index (χ2v) is 10.9. The van der Waals surface area contributed by atoms with Gasteiger partial charge in [-0.2, -0.15) is 10.2 Å². The Balaban J connectivity index is 1.63. The quantitative estimate of drug-likeness (QED) is 0.284. The Hall–Kier alpha value is -3.91. The molecule has 0 saturated carbocycles. The Morgan fingerprint density at radius 2 is 1.79 bits per heavy atom. The summed E-state index contributed by atoms with van der Waals surface area (Å²) >= 11 is 0. The first-order valence-corrected chi connectivity index (χ1v) is 13.5. The van der Waals surface area contributed by atoms with Crippen LogP contribution in [0.1, 0.15) is 48.3 Å². The topological polar surface area (TPSA) is 77.2 Å². The Bertz CT molecular complexity index is 1420. The summed E-state index contributed by atoms with van der Waals surface area (Å²) in [6.45, 7) is 10.5. The van der Waals surface area contributed by atoms with E-state index in [4.69, 9.17) is 4.74 Å². The van der Waals surface area contributed by atoms with Gasteiger partial charge in [-0.3, -0.25) is 14.2 Å². The first kappa shape index (κ1) is 28.1. The standard InChI is InChI=1S/C31H40N6O2/c1-21(2)19-37-30(10-11-32-37)26-15-24(14-25(16-26)27-18-33-36(7)20-27)23(4)34-31(38)29-17-28(9-8-22(29)3)39-13-12-35(5)6/h8-11,14-18,20-21,23H,12-13,19H2,1-7H3,(H,34,38)/t23-/m1/s1. The molecule has 2 aromatic heterocycles. The van der Waals surface area contributed by atoms with Gasteiger partial charge in [-0.15, -0.1) is 0 Å². The lowest BCUT2D eigenvalue weighted by atomic mass is 9.96. The highest BCUT2D eigenvalue weighted by atomic mass is 16.5. The predicted octanol–water partition coefficient (Wildman–Crippen LogP) is 5.35. The van der Waals surface area contributed by atoms with Gasteiger partial charge in [0.25, 0.3) is 5.91 Å². The number of hydrogen-bond acceptors (Lipinski definition) is 5. The summed E-state index contributed by atoms with van der Waals surface area (Å²) in [7, 11) is 5.92. The number of hydrogen-bond donors (Lipinski definition) is 1. The fraction of sp³-hybridized carbons (Fsp3) is 0.387. The van der Waals surface area contributed by atoms with Gasteiger partial charge in [-0.05, 0) is 86.9 Å². The molecule has 0 aliphatic rings. The van der Waals surface area contributed by atoms with Crippen LogP contribution in [0.3, 0.4) is 0 Å². The molecule has 0 radical (unpaired) electrons. The Morgan fingerprint density at radius 3 is 2.49 bits per heavy atom. The zero-order valence-corrected chi connectivity index (χ0v) is 24.1. The van der Waals surface area contributed by atoms with Crippen molar-refractivity contribution in [2.75, 3.05) is 27.2 Å². The molecule has 8 nitrogen and oxygen atoms in total. The van der Waals surface area contributed by atoms with Crippen LogP contribution in [-0.4, -0.2) is 57.6 Å². The van der Waals surface area contributed by atoms with Crippen molar-refractivity contribution < 1.29 is 9.53 Å². The van der Waals surface area contributed by atoms with Gasteiger partial charge in [0.2, 0.25) is 0 Å². The summed E-state index contributed by atoms with van der Waals surface area (Å²) in [6, 6.07) is 13.9. The number of carbonyl (C=O) groups is 1. The zero-order valence-electron chi connectivity index (χ0n) is 24.1. The SMILES string of the molecule is Cc1ccc(OCCN(C)C)cc1C(=O)N[C@H](C)c1cc(-c2cnn(C)c2)cc(-c2ccnn2CC(C)C)c1. The summed E-state index contributed by atoms with van der Waals surface area (Å²) in [6.07, 6.45) is 5.71. The molecule has 2 aromatic carbocycles. The van der Waals surface area contributed by atoms with Gasteiger partial charge >= 0.3 is 0 Å². The first-order valence-electron chi connectivity index (χ1n) is 13.5. The van der Waals surface area contributed by atoms with E-state index in [2.05, 4.69) is 52.5 Å². The van der Waals surface area contributed by atoms with Crippen LogP contribution in [-0.2, 0) is 13.6 Å². The molecule has 206 valence electrons. The van der Waals surface area contributed by atoms with Crippen LogP contribution in [0, 0.1) is 12.8 Å². The van der Waals surface area contributed by atoms with Gasteiger partial charge in [0, 0.05) is 49.2 Å². The van der Waals surface area contributed by atoms with E-state index in [-0.39, 0.29) is 11.9 Å². The van der Waals surface area contributed by atoms with Crippen LogP contribution in [0.15, 0.2) is 61.1 Å². The third-order valence-electron chi connectivity index (χ3n) is 6.65. The minimum atomic E-state index is -0.230. The Kier molecular flexibility index (Phi) is 8.86. The van der Waals surface area contributed by atoms with E-state index in [1.165, 1.54) is 0 Å². The zero-order chi connectivity index (χ0) is 28.1. The van der Waals surface area contributed by atoms with Crippen molar-refractivity contribution >= 4 is 5.91 Å². The summed E-state index contributed by atoms with van der Waals surface area (Å²) < 4.78 is 9.72. The number of rotatable bonds is 11. The molecular formula is C31H40N6O2. The molecule has 1 amide bonds. The van der Waals surface area contributed by atoms with Crippen LogP contribution < -0.4 is 10.1 Å². The maximum absolute atomic E-state index is 13.4. The van der Waals surface area contributed by atoms with E-state index in [1.54, 1.807) is 4.68 Å².